The van der Waals surface area contributed by atoms with Crippen LogP contribution in [-0.4, -0.2) is 30.3 Å². The Labute approximate surface area is 160 Å². The fourth-order valence-electron chi connectivity index (χ4n) is 2.71. The van der Waals surface area contributed by atoms with Crippen LogP contribution in [0.5, 0.6) is 11.5 Å². The van der Waals surface area contributed by atoms with Crippen molar-refractivity contribution in [3.05, 3.63) is 59.7 Å². The summed E-state index contributed by atoms with van der Waals surface area (Å²) in [5.74, 6) is -0.784. The molecule has 0 N–H and O–H groups in total. The summed E-state index contributed by atoms with van der Waals surface area (Å²) < 4.78 is 85.9. The van der Waals surface area contributed by atoms with E-state index in [1.807, 2.05) is 0 Å². The molecular formula is C18H13F6NO4. The molecule has 0 radical (unpaired) electrons. The summed E-state index contributed by atoms with van der Waals surface area (Å²) in [7, 11) is 0. The van der Waals surface area contributed by atoms with Crippen LogP contribution in [0, 0.1) is 0 Å². The van der Waals surface area contributed by atoms with Crippen molar-refractivity contribution in [2.45, 2.75) is 25.4 Å². The summed E-state index contributed by atoms with van der Waals surface area (Å²) >= 11 is 0. The monoisotopic (exact) mass is 421 g/mol. The van der Waals surface area contributed by atoms with E-state index in [4.69, 9.17) is 4.74 Å². The summed E-state index contributed by atoms with van der Waals surface area (Å²) in [5.41, 5.74) is 1.02. The van der Waals surface area contributed by atoms with E-state index < -0.39 is 30.7 Å². The number of carbonyl (C=O) groups excluding carboxylic acids is 1. The zero-order chi connectivity index (χ0) is 21.2. The van der Waals surface area contributed by atoms with Gasteiger partial charge in [0, 0.05) is 6.54 Å². The predicted molar refractivity (Wildman–Crippen MR) is 85.9 cm³/mol. The van der Waals surface area contributed by atoms with Crippen LogP contribution in [0.2, 0.25) is 0 Å². The third-order valence-electron chi connectivity index (χ3n) is 3.90. The fraction of sp³-hybridized carbons (Fsp3) is 0.278. The molecular weight excluding hydrogens is 408 g/mol. The van der Waals surface area contributed by atoms with Gasteiger partial charge in [0.2, 0.25) is 0 Å². The number of hydrogen-bond acceptors (Lipinski definition) is 4. The smallest absolute Gasteiger partial charge is 0.439 e. The van der Waals surface area contributed by atoms with E-state index in [1.165, 1.54) is 29.2 Å². The van der Waals surface area contributed by atoms with Crippen molar-refractivity contribution in [3.63, 3.8) is 0 Å². The second kappa shape index (κ2) is 7.72. The third kappa shape index (κ3) is 5.93. The van der Waals surface area contributed by atoms with Gasteiger partial charge in [0.1, 0.15) is 17.6 Å². The van der Waals surface area contributed by atoms with Gasteiger partial charge < -0.3 is 14.2 Å². The number of benzene rings is 2. The van der Waals surface area contributed by atoms with Gasteiger partial charge in [0.15, 0.2) is 0 Å². The normalized spacial score (nSPS) is 17.2. The molecule has 1 heterocycles. The van der Waals surface area contributed by atoms with Gasteiger partial charge in [-0.1, -0.05) is 24.3 Å². The first kappa shape index (κ1) is 20.6. The van der Waals surface area contributed by atoms with E-state index >= 15 is 0 Å². The van der Waals surface area contributed by atoms with E-state index in [1.54, 1.807) is 0 Å². The number of halogens is 6. The predicted octanol–water partition coefficient (Wildman–Crippen LogP) is 5.18. The molecule has 2 aromatic carbocycles. The lowest BCUT2D eigenvalue weighted by Crippen LogP contribution is -2.23. The zero-order valence-corrected chi connectivity index (χ0v) is 14.5. The first-order valence-corrected chi connectivity index (χ1v) is 8.14. The molecule has 1 saturated heterocycles. The van der Waals surface area contributed by atoms with Crippen molar-refractivity contribution in [3.8, 4) is 11.5 Å². The molecule has 1 amide bonds. The summed E-state index contributed by atoms with van der Waals surface area (Å²) in [6, 6.07) is 9.94. The quantitative estimate of drug-likeness (QED) is 0.625. The third-order valence-corrected chi connectivity index (χ3v) is 3.90. The minimum atomic E-state index is -4.81. The van der Waals surface area contributed by atoms with Crippen LogP contribution in [0.1, 0.15) is 17.2 Å². The summed E-state index contributed by atoms with van der Waals surface area (Å²) in [4.78, 5) is 13.4. The van der Waals surface area contributed by atoms with E-state index in [0.717, 1.165) is 24.3 Å². The van der Waals surface area contributed by atoms with Crippen molar-refractivity contribution >= 4 is 6.09 Å². The van der Waals surface area contributed by atoms with Crippen LogP contribution in [0.25, 0.3) is 0 Å². The van der Waals surface area contributed by atoms with E-state index in [2.05, 4.69) is 9.47 Å². The van der Waals surface area contributed by atoms with Gasteiger partial charge in [-0.05, 0) is 35.4 Å². The van der Waals surface area contributed by atoms with Gasteiger partial charge in [0.05, 0.1) is 6.54 Å². The average molecular weight is 421 g/mol. The van der Waals surface area contributed by atoms with Crippen LogP contribution in [0.3, 0.4) is 0 Å². The molecule has 1 fully saturated rings. The van der Waals surface area contributed by atoms with Crippen molar-refractivity contribution in [2.75, 3.05) is 6.54 Å². The standard InChI is InChI=1S/C18H13F6NO4/c19-17(20,21)28-13-5-1-11(2-6-13)9-25-10-15(27-16(25)26)12-3-7-14(8-4-12)29-18(22,23)24/h1-8,15H,9-10H2. The molecule has 1 unspecified atom stereocenters. The van der Waals surface area contributed by atoms with Crippen LogP contribution >= 0.6 is 0 Å². The Morgan fingerprint density at radius 1 is 0.862 bits per heavy atom. The second-order valence-electron chi connectivity index (χ2n) is 6.06. The SMILES string of the molecule is O=C1OC(c2ccc(OC(F)(F)F)cc2)CN1Cc1ccc(OC(F)(F)F)cc1. The zero-order valence-electron chi connectivity index (χ0n) is 14.5. The molecule has 11 heteroatoms. The van der Waals surface area contributed by atoms with Crippen molar-refractivity contribution in [1.82, 2.24) is 4.90 Å². The Balaban J connectivity index is 1.60. The highest BCUT2D eigenvalue weighted by Crippen LogP contribution is 2.30. The largest absolute Gasteiger partial charge is 0.573 e. The molecule has 2 aromatic rings. The van der Waals surface area contributed by atoms with Gasteiger partial charge in [-0.15, -0.1) is 26.3 Å². The number of hydrogen-bond donors (Lipinski definition) is 0. The number of cyclic esters (lactones) is 1. The summed E-state index contributed by atoms with van der Waals surface area (Å²) in [6.45, 7) is 0.204. The Kier molecular flexibility index (Phi) is 5.49. The molecule has 0 spiro atoms. The maximum absolute atomic E-state index is 12.2. The topological polar surface area (TPSA) is 48.0 Å². The fourth-order valence-corrected chi connectivity index (χ4v) is 2.71. The van der Waals surface area contributed by atoms with Gasteiger partial charge >= 0.3 is 18.8 Å². The van der Waals surface area contributed by atoms with Crippen LogP contribution in [0.15, 0.2) is 48.5 Å². The van der Waals surface area contributed by atoms with Gasteiger partial charge in [-0.25, -0.2) is 4.79 Å². The first-order valence-electron chi connectivity index (χ1n) is 8.14. The van der Waals surface area contributed by atoms with Gasteiger partial charge in [-0.2, -0.15) is 0 Å². The van der Waals surface area contributed by atoms with Gasteiger partial charge in [-0.3, -0.25) is 4.90 Å². The number of amides is 1. The minimum Gasteiger partial charge on any atom is -0.439 e. The highest BCUT2D eigenvalue weighted by molar-refractivity contribution is 5.70. The molecule has 1 aliphatic rings. The Morgan fingerprint density at radius 2 is 1.34 bits per heavy atom. The number of carbonyl (C=O) groups is 1. The average Bonchev–Trinajstić information content (AvgIpc) is 2.95. The lowest BCUT2D eigenvalue weighted by atomic mass is 10.1. The molecule has 1 atom stereocenters. The number of rotatable bonds is 5. The highest BCUT2D eigenvalue weighted by atomic mass is 19.4. The number of nitrogens with zero attached hydrogens (tertiary/aromatic N) is 1. The van der Waals surface area contributed by atoms with E-state index in [-0.39, 0.29) is 18.8 Å². The molecule has 0 aliphatic carbocycles. The molecule has 0 bridgehead atoms. The number of alkyl halides is 6. The summed E-state index contributed by atoms with van der Waals surface area (Å²) in [5, 5.41) is 0. The Morgan fingerprint density at radius 3 is 1.83 bits per heavy atom. The molecule has 0 aromatic heterocycles. The lowest BCUT2D eigenvalue weighted by molar-refractivity contribution is -0.275. The Bertz CT molecular complexity index is 849. The van der Waals surface area contributed by atoms with Crippen molar-refractivity contribution < 1.29 is 45.3 Å². The van der Waals surface area contributed by atoms with Crippen LogP contribution < -0.4 is 9.47 Å². The minimum absolute atomic E-state index is 0.0803. The Hall–Kier alpha value is -3.11. The van der Waals surface area contributed by atoms with Crippen molar-refractivity contribution in [2.24, 2.45) is 0 Å². The van der Waals surface area contributed by atoms with E-state index in [0.29, 0.717) is 11.1 Å². The molecule has 156 valence electrons. The second-order valence-corrected chi connectivity index (χ2v) is 6.06. The molecule has 29 heavy (non-hydrogen) atoms. The maximum Gasteiger partial charge on any atom is 0.573 e. The van der Waals surface area contributed by atoms with Crippen molar-refractivity contribution in [1.29, 1.82) is 0 Å². The van der Waals surface area contributed by atoms with Crippen LogP contribution in [-0.2, 0) is 11.3 Å². The highest BCUT2D eigenvalue weighted by Gasteiger charge is 2.34. The molecule has 5 nitrogen and oxygen atoms in total. The molecule has 1 aliphatic heterocycles. The number of ether oxygens (including phenoxy) is 3. The van der Waals surface area contributed by atoms with Gasteiger partial charge in [0.25, 0.3) is 0 Å². The van der Waals surface area contributed by atoms with Crippen LogP contribution in [0.4, 0.5) is 31.1 Å². The molecule has 3 rings (SSSR count). The maximum atomic E-state index is 12.2. The van der Waals surface area contributed by atoms with E-state index in [9.17, 15) is 31.1 Å². The summed E-state index contributed by atoms with van der Waals surface area (Å²) in [6.07, 6.45) is -11.0. The lowest BCUT2D eigenvalue weighted by Gasteiger charge is -2.14. The first-order chi connectivity index (χ1) is 13.5. The molecule has 0 saturated carbocycles.